The normalized spacial score (nSPS) is 11.1. The quantitative estimate of drug-likeness (QED) is 0.556. The first kappa shape index (κ1) is 17.0. The van der Waals surface area contributed by atoms with Gasteiger partial charge in [-0.05, 0) is 55.3 Å². The van der Waals surface area contributed by atoms with E-state index in [0.29, 0.717) is 17.1 Å². The summed E-state index contributed by atoms with van der Waals surface area (Å²) in [6.07, 6.45) is 1.52. The molecule has 0 atom stereocenters. The summed E-state index contributed by atoms with van der Waals surface area (Å²) in [6, 6.07) is 11.3. The maximum Gasteiger partial charge on any atom is 0.311 e. The van der Waals surface area contributed by atoms with Crippen molar-refractivity contribution in [3.05, 3.63) is 76.1 Å². The predicted molar refractivity (Wildman–Crippen MR) is 100 cm³/mol. The van der Waals surface area contributed by atoms with Gasteiger partial charge in [0.05, 0.1) is 12.0 Å². The van der Waals surface area contributed by atoms with Crippen LogP contribution < -0.4 is 10.3 Å². The van der Waals surface area contributed by atoms with E-state index in [-0.39, 0.29) is 17.1 Å². The molecule has 0 aliphatic heterocycles. The Morgan fingerprint density at radius 2 is 1.81 bits per heavy atom. The number of aromatic nitrogens is 4. The molecule has 0 N–H and O–H groups in total. The van der Waals surface area contributed by atoms with E-state index in [9.17, 15) is 9.18 Å². The molecule has 27 heavy (non-hydrogen) atoms. The van der Waals surface area contributed by atoms with E-state index in [1.165, 1.54) is 35.2 Å². The Morgan fingerprint density at radius 1 is 1.07 bits per heavy atom. The van der Waals surface area contributed by atoms with Crippen molar-refractivity contribution in [2.45, 2.75) is 13.8 Å². The molecule has 0 unspecified atom stereocenters. The zero-order valence-electron chi connectivity index (χ0n) is 15.1. The minimum Gasteiger partial charge on any atom is -0.425 e. The lowest BCUT2D eigenvalue weighted by Crippen LogP contribution is -2.22. The zero-order valence-corrected chi connectivity index (χ0v) is 15.1. The number of benzene rings is 2. The molecule has 6 nitrogen and oxygen atoms in total. The van der Waals surface area contributed by atoms with Gasteiger partial charge in [-0.3, -0.25) is 4.79 Å². The van der Waals surface area contributed by atoms with Gasteiger partial charge in [-0.2, -0.15) is 4.98 Å². The second-order valence-electron chi connectivity index (χ2n) is 6.34. The molecule has 2 heterocycles. The van der Waals surface area contributed by atoms with Gasteiger partial charge in [0.15, 0.2) is 11.2 Å². The molecule has 136 valence electrons. The molecule has 0 bridgehead atoms. The molecule has 0 fully saturated rings. The first-order valence-electron chi connectivity index (χ1n) is 8.40. The van der Waals surface area contributed by atoms with Crippen LogP contribution in [0.3, 0.4) is 0 Å². The summed E-state index contributed by atoms with van der Waals surface area (Å²) in [5.74, 6) is 0.204. The average molecular weight is 364 g/mol. The lowest BCUT2D eigenvalue weighted by molar-refractivity contribution is 0.423. The highest BCUT2D eigenvalue weighted by Gasteiger charge is 2.18. The summed E-state index contributed by atoms with van der Waals surface area (Å²) in [7, 11) is 1.76. The van der Waals surface area contributed by atoms with Crippen molar-refractivity contribution >= 4 is 11.2 Å². The van der Waals surface area contributed by atoms with Crippen LogP contribution in [-0.2, 0) is 7.05 Å². The molecule has 2 aromatic carbocycles. The van der Waals surface area contributed by atoms with Crippen LogP contribution in [0, 0.1) is 19.7 Å². The Kier molecular flexibility index (Phi) is 3.99. The van der Waals surface area contributed by atoms with Crippen LogP contribution in [0.25, 0.3) is 16.9 Å². The first-order valence-corrected chi connectivity index (χ1v) is 8.40. The lowest BCUT2D eigenvalue weighted by Gasteiger charge is -2.15. The van der Waals surface area contributed by atoms with Crippen LogP contribution in [0.15, 0.2) is 53.6 Å². The Bertz CT molecular complexity index is 1210. The summed E-state index contributed by atoms with van der Waals surface area (Å²) >= 11 is 0. The number of aryl methyl sites for hydroxylation is 2. The fourth-order valence-electron chi connectivity index (χ4n) is 2.86. The highest BCUT2D eigenvalue weighted by Crippen LogP contribution is 2.27. The van der Waals surface area contributed by atoms with Crippen molar-refractivity contribution in [2.75, 3.05) is 0 Å². The van der Waals surface area contributed by atoms with Crippen LogP contribution in [0.2, 0.25) is 0 Å². The topological polar surface area (TPSA) is 61.9 Å². The second kappa shape index (κ2) is 6.35. The zero-order chi connectivity index (χ0) is 19.1. The molecule has 0 radical (unpaired) electrons. The number of hydrogen-bond acceptors (Lipinski definition) is 4. The van der Waals surface area contributed by atoms with Crippen molar-refractivity contribution in [3.8, 4) is 17.4 Å². The number of fused-ring (bicyclic) bond motifs is 1. The van der Waals surface area contributed by atoms with E-state index in [2.05, 4.69) is 9.97 Å². The molecular weight excluding hydrogens is 347 g/mol. The van der Waals surface area contributed by atoms with Gasteiger partial charge in [0.2, 0.25) is 0 Å². The van der Waals surface area contributed by atoms with E-state index in [1.807, 2.05) is 32.0 Å². The number of halogens is 1. The van der Waals surface area contributed by atoms with Crippen molar-refractivity contribution < 1.29 is 9.13 Å². The smallest absolute Gasteiger partial charge is 0.311 e. The Labute approximate surface area is 154 Å². The van der Waals surface area contributed by atoms with Crippen molar-refractivity contribution in [1.29, 1.82) is 0 Å². The highest BCUT2D eigenvalue weighted by molar-refractivity contribution is 5.70. The van der Waals surface area contributed by atoms with E-state index in [0.717, 1.165) is 11.1 Å². The fraction of sp³-hybridized carbons (Fsp3) is 0.150. The van der Waals surface area contributed by atoms with Crippen molar-refractivity contribution in [2.24, 2.45) is 7.05 Å². The maximum atomic E-state index is 13.4. The second-order valence-corrected chi connectivity index (χ2v) is 6.34. The predicted octanol–water partition coefficient (Wildman–Crippen LogP) is 3.67. The lowest BCUT2D eigenvalue weighted by atomic mass is 10.1. The molecule has 4 rings (SSSR count). The highest BCUT2D eigenvalue weighted by atomic mass is 19.1. The Morgan fingerprint density at radius 3 is 2.56 bits per heavy atom. The third-order valence-electron chi connectivity index (χ3n) is 4.55. The minimum absolute atomic E-state index is 0.0939. The van der Waals surface area contributed by atoms with Gasteiger partial charge in [-0.1, -0.05) is 12.1 Å². The van der Waals surface area contributed by atoms with Crippen molar-refractivity contribution in [1.82, 2.24) is 19.1 Å². The van der Waals surface area contributed by atoms with Gasteiger partial charge in [0.25, 0.3) is 5.56 Å². The molecule has 0 saturated carbocycles. The summed E-state index contributed by atoms with van der Waals surface area (Å²) < 4.78 is 22.3. The Hall–Kier alpha value is -3.48. The van der Waals surface area contributed by atoms with Crippen molar-refractivity contribution in [3.63, 3.8) is 0 Å². The third-order valence-corrected chi connectivity index (χ3v) is 4.55. The van der Waals surface area contributed by atoms with Gasteiger partial charge in [-0.25, -0.2) is 13.9 Å². The number of imidazole rings is 1. The van der Waals surface area contributed by atoms with Crippen LogP contribution in [0.4, 0.5) is 4.39 Å². The molecule has 0 aliphatic rings. The number of hydrogen-bond donors (Lipinski definition) is 0. The van der Waals surface area contributed by atoms with Gasteiger partial charge >= 0.3 is 6.01 Å². The molecule has 0 amide bonds. The monoisotopic (exact) mass is 364 g/mol. The molecule has 0 saturated heterocycles. The number of rotatable bonds is 3. The summed E-state index contributed by atoms with van der Waals surface area (Å²) in [6.45, 7) is 3.92. The Balaban J connectivity index is 1.98. The van der Waals surface area contributed by atoms with Crippen LogP contribution in [0.1, 0.15) is 11.1 Å². The van der Waals surface area contributed by atoms with E-state index in [1.54, 1.807) is 11.6 Å². The van der Waals surface area contributed by atoms with Gasteiger partial charge < -0.3 is 9.30 Å². The third kappa shape index (κ3) is 2.87. The van der Waals surface area contributed by atoms with Gasteiger partial charge in [-0.15, -0.1) is 0 Å². The summed E-state index contributed by atoms with van der Waals surface area (Å²) in [4.78, 5) is 21.7. The molecule has 0 spiro atoms. The average Bonchev–Trinajstić information content (AvgIpc) is 3.02. The van der Waals surface area contributed by atoms with Crippen LogP contribution in [0.5, 0.6) is 11.8 Å². The van der Waals surface area contributed by atoms with Gasteiger partial charge in [0.1, 0.15) is 11.6 Å². The largest absolute Gasteiger partial charge is 0.425 e. The van der Waals surface area contributed by atoms with E-state index >= 15 is 0 Å². The maximum absolute atomic E-state index is 13.4. The first-order chi connectivity index (χ1) is 13.0. The molecule has 4 aromatic rings. The molecule has 7 heteroatoms. The van der Waals surface area contributed by atoms with E-state index < -0.39 is 5.82 Å². The summed E-state index contributed by atoms with van der Waals surface area (Å²) in [5, 5.41) is 0. The van der Waals surface area contributed by atoms with E-state index in [4.69, 9.17) is 4.74 Å². The number of nitrogens with zero attached hydrogens (tertiary/aromatic N) is 4. The molecule has 0 aliphatic carbocycles. The SMILES string of the molecule is Cc1cccc(Oc2nc3c(ncn3C)c(=O)n2-c2ccc(F)cc2)c1C. The van der Waals surface area contributed by atoms with Crippen LogP contribution in [-0.4, -0.2) is 19.1 Å². The van der Waals surface area contributed by atoms with Gasteiger partial charge in [0, 0.05) is 7.05 Å². The summed E-state index contributed by atoms with van der Waals surface area (Å²) in [5.41, 5.74) is 2.70. The molecular formula is C20H17FN4O2. The van der Waals surface area contributed by atoms with Crippen LogP contribution >= 0.6 is 0 Å². The fourth-order valence-corrected chi connectivity index (χ4v) is 2.86. The minimum atomic E-state index is -0.393. The standard InChI is InChI=1S/C20H17FN4O2/c1-12-5-4-6-16(13(12)2)27-20-23-18-17(22-11-24(18)3)19(26)25(20)15-9-7-14(21)8-10-15/h4-11H,1-3H3. The number of ether oxygens (including phenoxy) is 1. The molecule has 2 aromatic heterocycles.